The van der Waals surface area contributed by atoms with Gasteiger partial charge in [-0.25, -0.2) is 0 Å². The molecule has 0 unspecified atom stereocenters. The van der Waals surface area contributed by atoms with Gasteiger partial charge in [0.2, 0.25) is 0 Å². The molecular formula is C14H22ClN2O+. The van der Waals surface area contributed by atoms with Crippen molar-refractivity contribution in [3.05, 3.63) is 34.9 Å². The molecule has 0 fully saturated rings. The lowest BCUT2D eigenvalue weighted by molar-refractivity contribution is -0.710. The quantitative estimate of drug-likeness (QED) is 0.842. The van der Waals surface area contributed by atoms with E-state index < -0.39 is 0 Å². The Bertz CT molecular complexity index is 389. The van der Waals surface area contributed by atoms with Gasteiger partial charge in [-0.1, -0.05) is 23.7 Å². The number of quaternary nitrogens is 1. The van der Waals surface area contributed by atoms with Gasteiger partial charge in [-0.2, -0.15) is 0 Å². The zero-order valence-electron chi connectivity index (χ0n) is 11.4. The summed E-state index contributed by atoms with van der Waals surface area (Å²) in [5.74, 6) is 0.0748. The van der Waals surface area contributed by atoms with E-state index in [1.165, 1.54) is 5.56 Å². The van der Waals surface area contributed by atoms with Crippen molar-refractivity contribution in [2.24, 2.45) is 0 Å². The summed E-state index contributed by atoms with van der Waals surface area (Å²) >= 11 is 5.86. The third-order valence-electron chi connectivity index (χ3n) is 2.82. The number of nitrogens with one attached hydrogen (secondary N) is 1. The number of nitrogens with two attached hydrogens (primary N) is 1. The highest BCUT2D eigenvalue weighted by atomic mass is 35.5. The molecular weight excluding hydrogens is 248 g/mol. The number of hydrogen-bond acceptors (Lipinski definition) is 1. The standard InChI is InChI=1S/C14H21ClN2O/c1-9(2)16-14(18)11(4)17-10(3)12-5-7-13(15)8-6-12/h5-11,17H,1-4H3,(H,16,18)/p+1/t10-,11+/m0/s1. The second-order valence-electron chi connectivity index (χ2n) is 4.98. The lowest BCUT2D eigenvalue weighted by Crippen LogP contribution is -2.92. The minimum atomic E-state index is -0.0990. The normalized spacial score (nSPS) is 14.3. The predicted octanol–water partition coefficient (Wildman–Crippen LogP) is 1.88. The molecule has 1 aromatic carbocycles. The molecule has 1 rings (SSSR count). The molecule has 100 valence electrons. The van der Waals surface area contributed by atoms with Crippen molar-refractivity contribution in [1.29, 1.82) is 0 Å². The maximum Gasteiger partial charge on any atom is 0.278 e. The van der Waals surface area contributed by atoms with E-state index >= 15 is 0 Å². The summed E-state index contributed by atoms with van der Waals surface area (Å²) in [4.78, 5) is 11.8. The highest BCUT2D eigenvalue weighted by Crippen LogP contribution is 2.13. The van der Waals surface area contributed by atoms with E-state index in [2.05, 4.69) is 17.6 Å². The van der Waals surface area contributed by atoms with Gasteiger partial charge >= 0.3 is 0 Å². The zero-order valence-corrected chi connectivity index (χ0v) is 12.2. The summed E-state index contributed by atoms with van der Waals surface area (Å²) in [6.07, 6.45) is 0. The third-order valence-corrected chi connectivity index (χ3v) is 3.07. The van der Waals surface area contributed by atoms with Crippen LogP contribution in [0.2, 0.25) is 5.02 Å². The van der Waals surface area contributed by atoms with Crippen LogP contribution in [0.4, 0.5) is 0 Å². The second kappa shape index (κ2) is 6.76. The number of hydrogen-bond donors (Lipinski definition) is 2. The summed E-state index contributed by atoms with van der Waals surface area (Å²) in [7, 11) is 0. The molecule has 2 atom stereocenters. The first-order chi connectivity index (χ1) is 8.40. The summed E-state index contributed by atoms with van der Waals surface area (Å²) in [5, 5.41) is 5.71. The van der Waals surface area contributed by atoms with Gasteiger partial charge in [0.25, 0.3) is 5.91 Å². The molecule has 1 aromatic rings. The molecule has 0 saturated carbocycles. The monoisotopic (exact) mass is 269 g/mol. The Hall–Kier alpha value is -1.06. The van der Waals surface area contributed by atoms with Crippen LogP contribution < -0.4 is 10.6 Å². The van der Waals surface area contributed by atoms with Crippen molar-refractivity contribution in [2.45, 2.75) is 45.8 Å². The molecule has 0 aliphatic carbocycles. The largest absolute Gasteiger partial charge is 0.349 e. The Morgan fingerprint density at radius 3 is 2.22 bits per heavy atom. The average molecular weight is 270 g/mol. The predicted molar refractivity (Wildman–Crippen MR) is 74.5 cm³/mol. The first kappa shape index (κ1) is 15.0. The molecule has 0 saturated heterocycles. The Balaban J connectivity index is 2.56. The number of carbonyl (C=O) groups is 1. The van der Waals surface area contributed by atoms with Crippen LogP contribution in [0.25, 0.3) is 0 Å². The maximum absolute atomic E-state index is 11.8. The summed E-state index contributed by atoms with van der Waals surface area (Å²) in [5.41, 5.74) is 1.17. The van der Waals surface area contributed by atoms with Crippen molar-refractivity contribution < 1.29 is 10.1 Å². The number of amides is 1. The van der Waals surface area contributed by atoms with E-state index in [1.807, 2.05) is 45.0 Å². The van der Waals surface area contributed by atoms with Crippen molar-refractivity contribution in [1.82, 2.24) is 5.32 Å². The minimum absolute atomic E-state index is 0.0748. The number of halogens is 1. The zero-order chi connectivity index (χ0) is 13.7. The van der Waals surface area contributed by atoms with Gasteiger partial charge in [0, 0.05) is 16.6 Å². The van der Waals surface area contributed by atoms with Crippen LogP contribution in [0.15, 0.2) is 24.3 Å². The number of carbonyl (C=O) groups excluding carboxylic acids is 1. The Labute approximate surface area is 114 Å². The Morgan fingerprint density at radius 1 is 1.17 bits per heavy atom. The van der Waals surface area contributed by atoms with Gasteiger partial charge in [-0.05, 0) is 39.8 Å². The van der Waals surface area contributed by atoms with Crippen LogP contribution in [0.3, 0.4) is 0 Å². The number of benzene rings is 1. The van der Waals surface area contributed by atoms with Gasteiger partial charge in [-0.3, -0.25) is 4.79 Å². The fraction of sp³-hybridized carbons (Fsp3) is 0.500. The molecule has 0 heterocycles. The Kier molecular flexibility index (Phi) is 5.63. The molecule has 0 aliphatic heterocycles. The van der Waals surface area contributed by atoms with Crippen molar-refractivity contribution >= 4 is 17.5 Å². The van der Waals surface area contributed by atoms with E-state index in [9.17, 15) is 4.79 Å². The lowest BCUT2D eigenvalue weighted by Gasteiger charge is -2.18. The smallest absolute Gasteiger partial charge is 0.278 e. The van der Waals surface area contributed by atoms with Crippen molar-refractivity contribution in [2.75, 3.05) is 0 Å². The van der Waals surface area contributed by atoms with Gasteiger partial charge in [-0.15, -0.1) is 0 Å². The van der Waals surface area contributed by atoms with Crippen LogP contribution in [0.5, 0.6) is 0 Å². The summed E-state index contributed by atoms with van der Waals surface area (Å²) < 4.78 is 0. The highest BCUT2D eigenvalue weighted by molar-refractivity contribution is 6.30. The van der Waals surface area contributed by atoms with Crippen molar-refractivity contribution in [3.63, 3.8) is 0 Å². The SMILES string of the molecule is CC(C)NC(=O)[C@@H](C)[NH2+][C@@H](C)c1ccc(Cl)cc1. The minimum Gasteiger partial charge on any atom is -0.349 e. The fourth-order valence-electron chi connectivity index (χ4n) is 1.81. The van der Waals surface area contributed by atoms with Crippen LogP contribution in [0, 0.1) is 0 Å². The number of rotatable bonds is 5. The third kappa shape index (κ3) is 4.67. The molecule has 4 heteroatoms. The summed E-state index contributed by atoms with van der Waals surface area (Å²) in [6.45, 7) is 7.94. The van der Waals surface area contributed by atoms with E-state index in [0.29, 0.717) is 0 Å². The summed E-state index contributed by atoms with van der Waals surface area (Å²) in [6, 6.07) is 8.06. The topological polar surface area (TPSA) is 45.7 Å². The molecule has 0 aromatic heterocycles. The van der Waals surface area contributed by atoms with Gasteiger partial charge < -0.3 is 10.6 Å². The maximum atomic E-state index is 11.8. The molecule has 1 amide bonds. The van der Waals surface area contributed by atoms with Gasteiger partial charge in [0.05, 0.1) is 0 Å². The molecule has 3 N–H and O–H groups in total. The van der Waals surface area contributed by atoms with Crippen LogP contribution in [-0.4, -0.2) is 18.0 Å². The van der Waals surface area contributed by atoms with Crippen LogP contribution in [0.1, 0.15) is 39.3 Å². The molecule has 3 nitrogen and oxygen atoms in total. The van der Waals surface area contributed by atoms with Gasteiger partial charge in [0.1, 0.15) is 6.04 Å². The Morgan fingerprint density at radius 2 is 1.72 bits per heavy atom. The van der Waals surface area contributed by atoms with Crippen LogP contribution >= 0.6 is 11.6 Å². The second-order valence-corrected chi connectivity index (χ2v) is 5.42. The molecule has 0 bridgehead atoms. The molecule has 0 radical (unpaired) electrons. The van der Waals surface area contributed by atoms with E-state index in [0.717, 1.165) is 5.02 Å². The van der Waals surface area contributed by atoms with E-state index in [1.54, 1.807) is 0 Å². The van der Waals surface area contributed by atoms with Crippen molar-refractivity contribution in [3.8, 4) is 0 Å². The van der Waals surface area contributed by atoms with E-state index in [-0.39, 0.29) is 24.0 Å². The fourth-order valence-corrected chi connectivity index (χ4v) is 1.94. The van der Waals surface area contributed by atoms with E-state index in [4.69, 9.17) is 11.6 Å². The first-order valence-corrected chi connectivity index (χ1v) is 6.68. The lowest BCUT2D eigenvalue weighted by atomic mass is 10.1. The molecule has 18 heavy (non-hydrogen) atoms. The average Bonchev–Trinajstić information content (AvgIpc) is 2.28. The molecule has 0 spiro atoms. The van der Waals surface area contributed by atoms with Crippen LogP contribution in [-0.2, 0) is 4.79 Å². The molecule has 0 aliphatic rings. The van der Waals surface area contributed by atoms with Gasteiger partial charge in [0.15, 0.2) is 6.04 Å². The first-order valence-electron chi connectivity index (χ1n) is 6.31. The highest BCUT2D eigenvalue weighted by Gasteiger charge is 2.20.